The monoisotopic (exact) mass is 274 g/mol. The highest BCUT2D eigenvalue weighted by Gasteiger charge is 2.33. The van der Waals surface area contributed by atoms with E-state index in [0.29, 0.717) is 11.6 Å². The summed E-state index contributed by atoms with van der Waals surface area (Å²) in [6, 6.07) is 2.49. The van der Waals surface area contributed by atoms with Crippen molar-refractivity contribution in [2.75, 3.05) is 38.5 Å². The van der Waals surface area contributed by atoms with Crippen LogP contribution in [0.5, 0.6) is 0 Å². The number of carbonyl (C=O) groups is 1. The van der Waals surface area contributed by atoms with E-state index in [-0.39, 0.29) is 5.91 Å². The van der Waals surface area contributed by atoms with E-state index in [4.69, 9.17) is 0 Å². The van der Waals surface area contributed by atoms with E-state index in [0.717, 1.165) is 31.0 Å². The number of amides is 1. The fourth-order valence-corrected chi connectivity index (χ4v) is 3.28. The van der Waals surface area contributed by atoms with Gasteiger partial charge < -0.3 is 10.2 Å². The molecule has 0 aromatic carbocycles. The lowest BCUT2D eigenvalue weighted by molar-refractivity contribution is 0.0572. The number of hydrogen-bond donors (Lipinski definition) is 1. The summed E-state index contributed by atoms with van der Waals surface area (Å²) in [7, 11) is 1.85. The van der Waals surface area contributed by atoms with Crippen LogP contribution < -0.4 is 5.32 Å². The van der Waals surface area contributed by atoms with Crippen LogP contribution in [0.3, 0.4) is 0 Å². The van der Waals surface area contributed by atoms with Crippen LogP contribution >= 0.6 is 0 Å². The molecule has 5 heteroatoms. The van der Waals surface area contributed by atoms with Crippen molar-refractivity contribution in [1.29, 1.82) is 0 Å². The van der Waals surface area contributed by atoms with E-state index < -0.39 is 0 Å². The van der Waals surface area contributed by atoms with Crippen LogP contribution in [0, 0.1) is 6.92 Å². The fraction of sp³-hybridized carbons (Fsp3) is 0.600. The predicted octanol–water partition coefficient (Wildman–Crippen LogP) is 1.35. The minimum atomic E-state index is 0.105. The molecule has 2 fully saturated rings. The second kappa shape index (κ2) is 5.40. The molecular weight excluding hydrogens is 252 g/mol. The maximum Gasteiger partial charge on any atom is 0.257 e. The van der Waals surface area contributed by atoms with Gasteiger partial charge in [0.15, 0.2) is 0 Å². The molecule has 2 aliphatic heterocycles. The van der Waals surface area contributed by atoms with Gasteiger partial charge in [-0.05, 0) is 32.4 Å². The molecular formula is C15H22N4O. The smallest absolute Gasteiger partial charge is 0.257 e. The minimum Gasteiger partial charge on any atom is -0.387 e. The Bertz CT molecular complexity index is 517. The first-order valence-corrected chi connectivity index (χ1v) is 7.37. The Balaban J connectivity index is 1.79. The van der Waals surface area contributed by atoms with Gasteiger partial charge >= 0.3 is 0 Å². The number of nitrogens with one attached hydrogen (secondary N) is 1. The molecule has 3 heterocycles. The number of hydrogen-bond acceptors (Lipinski definition) is 4. The van der Waals surface area contributed by atoms with Crippen molar-refractivity contribution in [1.82, 2.24) is 14.8 Å². The molecule has 1 aromatic rings. The molecule has 20 heavy (non-hydrogen) atoms. The number of anilines is 1. The SMILES string of the molecule is CNc1cc(C)ncc1C(=O)N1CCN2CCCC2C1. The Hall–Kier alpha value is -1.62. The summed E-state index contributed by atoms with van der Waals surface area (Å²) >= 11 is 0. The molecule has 1 aromatic heterocycles. The Morgan fingerprint density at radius 2 is 2.25 bits per heavy atom. The quantitative estimate of drug-likeness (QED) is 0.884. The van der Waals surface area contributed by atoms with Crippen LogP contribution in [-0.4, -0.2) is 60.0 Å². The zero-order valence-corrected chi connectivity index (χ0v) is 12.2. The minimum absolute atomic E-state index is 0.105. The van der Waals surface area contributed by atoms with Gasteiger partial charge in [0.25, 0.3) is 5.91 Å². The molecule has 0 radical (unpaired) electrons. The van der Waals surface area contributed by atoms with Gasteiger partial charge in [-0.1, -0.05) is 0 Å². The Labute approximate surface area is 120 Å². The normalized spacial score (nSPS) is 22.7. The summed E-state index contributed by atoms with van der Waals surface area (Å²) in [6.45, 7) is 5.82. The molecule has 5 nitrogen and oxygen atoms in total. The van der Waals surface area contributed by atoms with Gasteiger partial charge in [0.1, 0.15) is 0 Å². The molecule has 108 valence electrons. The number of piperazine rings is 1. The Morgan fingerprint density at radius 1 is 1.40 bits per heavy atom. The average molecular weight is 274 g/mol. The number of pyridine rings is 1. The van der Waals surface area contributed by atoms with Crippen molar-refractivity contribution in [2.24, 2.45) is 0 Å². The summed E-state index contributed by atoms with van der Waals surface area (Å²) in [5, 5.41) is 3.10. The predicted molar refractivity (Wildman–Crippen MR) is 79.0 cm³/mol. The molecule has 0 saturated carbocycles. The van der Waals surface area contributed by atoms with Crippen molar-refractivity contribution in [3.8, 4) is 0 Å². The van der Waals surface area contributed by atoms with E-state index in [1.807, 2.05) is 24.9 Å². The molecule has 1 atom stereocenters. The van der Waals surface area contributed by atoms with Gasteiger partial charge in [0.05, 0.1) is 11.3 Å². The molecule has 0 bridgehead atoms. The molecule has 0 spiro atoms. The summed E-state index contributed by atoms with van der Waals surface area (Å²) < 4.78 is 0. The molecule has 2 saturated heterocycles. The number of fused-ring (bicyclic) bond motifs is 1. The lowest BCUT2D eigenvalue weighted by atomic mass is 10.1. The Morgan fingerprint density at radius 3 is 3.05 bits per heavy atom. The fourth-order valence-electron chi connectivity index (χ4n) is 3.28. The zero-order chi connectivity index (χ0) is 14.1. The van der Waals surface area contributed by atoms with Crippen molar-refractivity contribution < 1.29 is 4.79 Å². The zero-order valence-electron chi connectivity index (χ0n) is 12.2. The topological polar surface area (TPSA) is 48.5 Å². The first-order chi connectivity index (χ1) is 9.69. The van der Waals surface area contributed by atoms with Crippen molar-refractivity contribution in [2.45, 2.75) is 25.8 Å². The number of aromatic nitrogens is 1. The van der Waals surface area contributed by atoms with Gasteiger partial charge in [0.2, 0.25) is 0 Å². The second-order valence-electron chi connectivity index (χ2n) is 5.70. The first-order valence-electron chi connectivity index (χ1n) is 7.37. The van der Waals surface area contributed by atoms with Crippen LogP contribution in [-0.2, 0) is 0 Å². The number of rotatable bonds is 2. The number of carbonyl (C=O) groups excluding carboxylic acids is 1. The highest BCUT2D eigenvalue weighted by atomic mass is 16.2. The van der Waals surface area contributed by atoms with E-state index in [2.05, 4.69) is 15.2 Å². The maximum absolute atomic E-state index is 12.7. The van der Waals surface area contributed by atoms with Crippen molar-refractivity contribution in [3.05, 3.63) is 23.5 Å². The summed E-state index contributed by atoms with van der Waals surface area (Å²) in [5.74, 6) is 0.105. The van der Waals surface area contributed by atoms with Gasteiger partial charge in [-0.3, -0.25) is 14.7 Å². The largest absolute Gasteiger partial charge is 0.387 e. The summed E-state index contributed by atoms with van der Waals surface area (Å²) in [5.41, 5.74) is 2.48. The van der Waals surface area contributed by atoms with Crippen LogP contribution in [0.1, 0.15) is 28.9 Å². The van der Waals surface area contributed by atoms with Crippen LogP contribution in [0.25, 0.3) is 0 Å². The van der Waals surface area contributed by atoms with E-state index in [9.17, 15) is 4.79 Å². The lowest BCUT2D eigenvalue weighted by Gasteiger charge is -2.37. The van der Waals surface area contributed by atoms with E-state index >= 15 is 0 Å². The molecule has 2 aliphatic rings. The summed E-state index contributed by atoms with van der Waals surface area (Å²) in [4.78, 5) is 21.5. The van der Waals surface area contributed by atoms with E-state index in [1.54, 1.807) is 6.20 Å². The third-order valence-electron chi connectivity index (χ3n) is 4.41. The third-order valence-corrected chi connectivity index (χ3v) is 4.41. The standard InChI is InChI=1S/C15H22N4O/c1-11-8-14(16-2)13(9-17-11)15(20)19-7-6-18-5-3-4-12(18)10-19/h8-9,12H,3-7,10H2,1-2H3,(H,16,17). The highest BCUT2D eigenvalue weighted by molar-refractivity contribution is 5.99. The third kappa shape index (κ3) is 2.38. The number of nitrogens with zero attached hydrogens (tertiary/aromatic N) is 3. The van der Waals surface area contributed by atoms with Crippen LogP contribution in [0.2, 0.25) is 0 Å². The molecule has 3 rings (SSSR count). The van der Waals surface area contributed by atoms with Crippen molar-refractivity contribution >= 4 is 11.6 Å². The van der Waals surface area contributed by atoms with Gasteiger partial charge in [-0.15, -0.1) is 0 Å². The van der Waals surface area contributed by atoms with Gasteiger partial charge in [-0.25, -0.2) is 0 Å². The average Bonchev–Trinajstić information content (AvgIpc) is 2.93. The first kappa shape index (κ1) is 13.4. The maximum atomic E-state index is 12.7. The van der Waals surface area contributed by atoms with Crippen LogP contribution in [0.4, 0.5) is 5.69 Å². The van der Waals surface area contributed by atoms with Gasteiger partial charge in [0, 0.05) is 44.6 Å². The molecule has 1 unspecified atom stereocenters. The molecule has 0 aliphatic carbocycles. The van der Waals surface area contributed by atoms with E-state index in [1.165, 1.54) is 19.4 Å². The second-order valence-corrected chi connectivity index (χ2v) is 5.70. The summed E-state index contributed by atoms with van der Waals surface area (Å²) in [6.07, 6.45) is 4.18. The lowest BCUT2D eigenvalue weighted by Crippen LogP contribution is -2.52. The molecule has 1 N–H and O–H groups in total. The van der Waals surface area contributed by atoms with Crippen molar-refractivity contribution in [3.63, 3.8) is 0 Å². The highest BCUT2D eigenvalue weighted by Crippen LogP contribution is 2.24. The van der Waals surface area contributed by atoms with Gasteiger partial charge in [-0.2, -0.15) is 0 Å². The molecule has 1 amide bonds. The Kier molecular flexibility index (Phi) is 3.61. The van der Waals surface area contributed by atoms with Crippen LogP contribution in [0.15, 0.2) is 12.3 Å². The number of aryl methyl sites for hydroxylation is 1.